The first kappa shape index (κ1) is 16.5. The molecule has 4 nitrogen and oxygen atoms in total. The Morgan fingerprint density at radius 3 is 2.75 bits per heavy atom. The molecule has 0 saturated heterocycles. The molecular weight excluding hydrogens is 298 g/mol. The zero-order valence-corrected chi connectivity index (χ0v) is 14.7. The van der Waals surface area contributed by atoms with Gasteiger partial charge in [0.1, 0.15) is 11.5 Å². The standard InChI is InChI=1S/C20H25N3O/c1-4-5-11-23(3)14-20-18-13-17(9-10-19(18)21-22-20)24-16-8-6-7-15(2)12-16/h6-10,12-13H,4-5,11,14H2,1-3H3,(H,21,22). The first-order valence-corrected chi connectivity index (χ1v) is 8.56. The van der Waals surface area contributed by atoms with Crippen LogP contribution in [0.4, 0.5) is 0 Å². The lowest BCUT2D eigenvalue weighted by Crippen LogP contribution is -2.19. The highest BCUT2D eigenvalue weighted by molar-refractivity contribution is 5.82. The van der Waals surface area contributed by atoms with Gasteiger partial charge in [-0.3, -0.25) is 5.10 Å². The highest BCUT2D eigenvalue weighted by atomic mass is 16.5. The van der Waals surface area contributed by atoms with Gasteiger partial charge >= 0.3 is 0 Å². The number of fused-ring (bicyclic) bond motifs is 1. The Balaban J connectivity index is 1.80. The molecule has 3 rings (SSSR count). The molecule has 0 atom stereocenters. The van der Waals surface area contributed by atoms with E-state index in [0.29, 0.717) is 0 Å². The summed E-state index contributed by atoms with van der Waals surface area (Å²) in [6.45, 7) is 6.24. The number of H-pyrrole nitrogens is 1. The number of hydrogen-bond donors (Lipinski definition) is 1. The third-order valence-electron chi connectivity index (χ3n) is 4.15. The lowest BCUT2D eigenvalue weighted by Gasteiger charge is -2.15. The van der Waals surface area contributed by atoms with Crippen LogP contribution in [0.3, 0.4) is 0 Å². The van der Waals surface area contributed by atoms with Crippen molar-refractivity contribution in [3.63, 3.8) is 0 Å². The van der Waals surface area contributed by atoms with Crippen LogP contribution in [0.15, 0.2) is 42.5 Å². The maximum atomic E-state index is 6.01. The van der Waals surface area contributed by atoms with Crippen LogP contribution in [0.25, 0.3) is 10.9 Å². The SMILES string of the molecule is CCCCN(C)Cc1[nH]nc2ccc(Oc3cccc(C)c3)cc12. The van der Waals surface area contributed by atoms with Gasteiger partial charge in [-0.2, -0.15) is 5.10 Å². The Bertz CT molecular complexity index is 810. The number of nitrogens with zero attached hydrogens (tertiary/aromatic N) is 2. The predicted octanol–water partition coefficient (Wildman–Crippen LogP) is 4.90. The Hall–Kier alpha value is -2.33. The molecule has 1 heterocycles. The summed E-state index contributed by atoms with van der Waals surface area (Å²) in [5, 5.41) is 8.71. The van der Waals surface area contributed by atoms with Gasteiger partial charge in [-0.25, -0.2) is 0 Å². The van der Waals surface area contributed by atoms with E-state index in [2.05, 4.69) is 48.1 Å². The van der Waals surface area contributed by atoms with Crippen LogP contribution in [-0.2, 0) is 6.54 Å². The van der Waals surface area contributed by atoms with Gasteiger partial charge in [0.05, 0.1) is 11.2 Å². The van der Waals surface area contributed by atoms with Crippen LogP contribution < -0.4 is 4.74 Å². The number of unbranched alkanes of at least 4 members (excludes halogenated alkanes) is 1. The lowest BCUT2D eigenvalue weighted by molar-refractivity contribution is 0.318. The van der Waals surface area contributed by atoms with Gasteiger partial charge in [0, 0.05) is 11.9 Å². The molecular formula is C20H25N3O. The minimum atomic E-state index is 0.840. The van der Waals surface area contributed by atoms with Gasteiger partial charge in [0.25, 0.3) is 0 Å². The summed E-state index contributed by atoms with van der Waals surface area (Å²) in [6.07, 6.45) is 2.42. The molecule has 0 amide bonds. The molecule has 24 heavy (non-hydrogen) atoms. The number of aryl methyl sites for hydroxylation is 1. The molecule has 1 N–H and O–H groups in total. The number of rotatable bonds is 7. The van der Waals surface area contributed by atoms with E-state index in [9.17, 15) is 0 Å². The second-order valence-electron chi connectivity index (χ2n) is 6.39. The maximum absolute atomic E-state index is 6.01. The first-order chi connectivity index (χ1) is 11.7. The molecule has 126 valence electrons. The molecule has 2 aromatic carbocycles. The summed E-state index contributed by atoms with van der Waals surface area (Å²) >= 11 is 0. The zero-order chi connectivity index (χ0) is 16.9. The van der Waals surface area contributed by atoms with Crippen LogP contribution in [0, 0.1) is 6.92 Å². The van der Waals surface area contributed by atoms with Gasteiger partial charge in [-0.15, -0.1) is 0 Å². The topological polar surface area (TPSA) is 41.2 Å². The number of benzene rings is 2. The van der Waals surface area contributed by atoms with Crippen molar-refractivity contribution in [2.45, 2.75) is 33.2 Å². The Morgan fingerprint density at radius 2 is 1.96 bits per heavy atom. The smallest absolute Gasteiger partial charge is 0.128 e. The van der Waals surface area contributed by atoms with Crippen LogP contribution in [-0.4, -0.2) is 28.7 Å². The fourth-order valence-corrected chi connectivity index (χ4v) is 2.82. The summed E-state index contributed by atoms with van der Waals surface area (Å²) in [5.41, 5.74) is 3.30. The normalized spacial score (nSPS) is 11.3. The monoisotopic (exact) mass is 323 g/mol. The van der Waals surface area contributed by atoms with E-state index in [1.807, 2.05) is 30.3 Å². The Kier molecular flexibility index (Phi) is 5.16. The highest BCUT2D eigenvalue weighted by Gasteiger charge is 2.09. The molecule has 0 aliphatic carbocycles. The molecule has 3 aromatic rings. The minimum absolute atomic E-state index is 0.840. The largest absolute Gasteiger partial charge is 0.457 e. The number of nitrogens with one attached hydrogen (secondary N) is 1. The molecule has 4 heteroatoms. The van der Waals surface area contributed by atoms with Crippen molar-refractivity contribution >= 4 is 10.9 Å². The summed E-state index contributed by atoms with van der Waals surface area (Å²) in [4.78, 5) is 2.32. The molecule has 0 bridgehead atoms. The molecule has 0 saturated carbocycles. The van der Waals surface area contributed by atoms with Crippen LogP contribution in [0.1, 0.15) is 31.0 Å². The quantitative estimate of drug-likeness (QED) is 0.672. The Morgan fingerprint density at radius 1 is 1.12 bits per heavy atom. The van der Waals surface area contributed by atoms with Crippen molar-refractivity contribution in [2.75, 3.05) is 13.6 Å². The number of aromatic nitrogens is 2. The predicted molar refractivity (Wildman–Crippen MR) is 98.6 cm³/mol. The van der Waals surface area contributed by atoms with Gasteiger partial charge in [0.15, 0.2) is 0 Å². The van der Waals surface area contributed by atoms with E-state index in [4.69, 9.17) is 4.74 Å². The average Bonchev–Trinajstić information content (AvgIpc) is 2.95. The van der Waals surface area contributed by atoms with Crippen molar-refractivity contribution in [3.8, 4) is 11.5 Å². The van der Waals surface area contributed by atoms with Crippen LogP contribution in [0.5, 0.6) is 11.5 Å². The summed E-state index contributed by atoms with van der Waals surface area (Å²) in [7, 11) is 2.15. The minimum Gasteiger partial charge on any atom is -0.457 e. The second kappa shape index (κ2) is 7.49. The van der Waals surface area contributed by atoms with Gasteiger partial charge < -0.3 is 9.64 Å². The van der Waals surface area contributed by atoms with Crippen molar-refractivity contribution in [1.29, 1.82) is 0 Å². The summed E-state index contributed by atoms with van der Waals surface area (Å²) in [6, 6.07) is 14.1. The highest BCUT2D eigenvalue weighted by Crippen LogP contribution is 2.27. The fraction of sp³-hybridized carbons (Fsp3) is 0.350. The summed E-state index contributed by atoms with van der Waals surface area (Å²) < 4.78 is 6.01. The van der Waals surface area contributed by atoms with Crippen molar-refractivity contribution in [1.82, 2.24) is 15.1 Å². The molecule has 0 aliphatic heterocycles. The zero-order valence-electron chi connectivity index (χ0n) is 14.7. The van der Waals surface area contributed by atoms with Gasteiger partial charge in [-0.05, 0) is 62.8 Å². The number of aromatic amines is 1. The van der Waals surface area contributed by atoms with Crippen LogP contribution in [0.2, 0.25) is 0 Å². The molecule has 0 fully saturated rings. The van der Waals surface area contributed by atoms with Gasteiger partial charge in [-0.1, -0.05) is 25.5 Å². The van der Waals surface area contributed by atoms with Crippen LogP contribution >= 0.6 is 0 Å². The lowest BCUT2D eigenvalue weighted by atomic mass is 10.2. The maximum Gasteiger partial charge on any atom is 0.128 e. The fourth-order valence-electron chi connectivity index (χ4n) is 2.82. The first-order valence-electron chi connectivity index (χ1n) is 8.56. The third-order valence-corrected chi connectivity index (χ3v) is 4.15. The van der Waals surface area contributed by atoms with E-state index >= 15 is 0 Å². The average molecular weight is 323 g/mol. The second-order valence-corrected chi connectivity index (χ2v) is 6.39. The Labute approximate surface area is 143 Å². The molecule has 0 spiro atoms. The third kappa shape index (κ3) is 3.95. The van der Waals surface area contributed by atoms with Crippen molar-refractivity contribution in [2.24, 2.45) is 0 Å². The summed E-state index contributed by atoms with van der Waals surface area (Å²) in [5.74, 6) is 1.70. The molecule has 0 unspecified atom stereocenters. The number of ether oxygens (including phenoxy) is 1. The number of hydrogen-bond acceptors (Lipinski definition) is 3. The van der Waals surface area contributed by atoms with Crippen molar-refractivity contribution in [3.05, 3.63) is 53.7 Å². The molecule has 1 aromatic heterocycles. The van der Waals surface area contributed by atoms with Crippen molar-refractivity contribution < 1.29 is 4.74 Å². The van der Waals surface area contributed by atoms with Gasteiger partial charge in [0.2, 0.25) is 0 Å². The van der Waals surface area contributed by atoms with E-state index in [0.717, 1.165) is 41.2 Å². The van der Waals surface area contributed by atoms with E-state index < -0.39 is 0 Å². The van der Waals surface area contributed by atoms with E-state index in [1.165, 1.54) is 18.4 Å². The molecule has 0 aliphatic rings. The van der Waals surface area contributed by atoms with E-state index in [1.54, 1.807) is 0 Å². The molecule has 0 radical (unpaired) electrons. The van der Waals surface area contributed by atoms with E-state index in [-0.39, 0.29) is 0 Å².